The van der Waals surface area contributed by atoms with Gasteiger partial charge in [0.25, 0.3) is 0 Å². The molecule has 3 atom stereocenters. The van der Waals surface area contributed by atoms with E-state index in [9.17, 15) is 27.6 Å². The summed E-state index contributed by atoms with van der Waals surface area (Å²) < 4.78 is 27.8. The molecule has 194 valence electrons. The number of amides is 3. The Balaban J connectivity index is 2.76. The van der Waals surface area contributed by atoms with Crippen LogP contribution in [0.25, 0.3) is 0 Å². The van der Waals surface area contributed by atoms with Crippen molar-refractivity contribution in [2.24, 2.45) is 5.92 Å². The predicted octanol–water partition coefficient (Wildman–Crippen LogP) is 1.35. The van der Waals surface area contributed by atoms with Gasteiger partial charge in [0.2, 0.25) is 11.8 Å². The second-order valence-corrected chi connectivity index (χ2v) is 10.4. The van der Waals surface area contributed by atoms with Crippen LogP contribution in [0.2, 0.25) is 0 Å². The maximum atomic E-state index is 12.8. The number of carboxylic acids is 1. The van der Waals surface area contributed by atoms with Crippen LogP contribution in [0.4, 0.5) is 4.79 Å². The first-order chi connectivity index (χ1) is 16.3. The number of benzene rings is 1. The molecule has 0 saturated heterocycles. The summed E-state index contributed by atoms with van der Waals surface area (Å²) in [4.78, 5) is 48.6. The fourth-order valence-corrected chi connectivity index (χ4v) is 3.37. The molecule has 0 radical (unpaired) electrons. The lowest BCUT2D eigenvalue weighted by atomic mass is 10.0. The minimum atomic E-state index is -3.53. The average molecular weight is 512 g/mol. The van der Waals surface area contributed by atoms with Crippen LogP contribution in [0.1, 0.15) is 39.2 Å². The second kappa shape index (κ2) is 14.1. The Kier molecular flexibility index (Phi) is 11.9. The summed E-state index contributed by atoms with van der Waals surface area (Å²) in [7, 11) is -3.53. The molecule has 0 aromatic heterocycles. The minimum absolute atomic E-state index is 0.0213. The molecule has 0 spiro atoms. The van der Waals surface area contributed by atoms with Crippen LogP contribution < -0.4 is 16.0 Å². The fourth-order valence-electron chi connectivity index (χ4n) is 2.89. The highest BCUT2D eigenvalue weighted by Gasteiger charge is 2.26. The lowest BCUT2D eigenvalue weighted by Gasteiger charge is -2.23. The third kappa shape index (κ3) is 13.2. The van der Waals surface area contributed by atoms with E-state index in [1.165, 1.54) is 6.92 Å². The molecule has 12 heteroatoms. The van der Waals surface area contributed by atoms with Gasteiger partial charge in [-0.15, -0.1) is 0 Å². The molecular formula is C23H33N3O8S. The Hall–Kier alpha value is -3.41. The van der Waals surface area contributed by atoms with Crippen molar-refractivity contribution >= 4 is 33.7 Å². The third-order valence-corrected chi connectivity index (χ3v) is 5.21. The van der Waals surface area contributed by atoms with Crippen molar-refractivity contribution < 1.29 is 37.4 Å². The van der Waals surface area contributed by atoms with Crippen molar-refractivity contribution in [2.75, 3.05) is 6.26 Å². The molecule has 0 fully saturated rings. The highest BCUT2D eigenvalue weighted by molar-refractivity contribution is 7.93. The zero-order chi connectivity index (χ0) is 26.6. The number of rotatable bonds is 13. The van der Waals surface area contributed by atoms with E-state index < -0.39 is 58.3 Å². The molecule has 1 aromatic rings. The third-order valence-electron chi connectivity index (χ3n) is 4.56. The number of carbonyl (C=O) groups is 4. The quantitative estimate of drug-likeness (QED) is 0.308. The highest BCUT2D eigenvalue weighted by Crippen LogP contribution is 2.07. The average Bonchev–Trinajstić information content (AvgIpc) is 2.75. The van der Waals surface area contributed by atoms with Gasteiger partial charge in [-0.05, 0) is 24.8 Å². The summed E-state index contributed by atoms with van der Waals surface area (Å²) in [6.07, 6.45) is 0.919. The Labute approximate surface area is 205 Å². The number of sulfone groups is 1. The highest BCUT2D eigenvalue weighted by atomic mass is 32.2. The first-order valence-electron chi connectivity index (χ1n) is 10.9. The lowest BCUT2D eigenvalue weighted by Crippen LogP contribution is -2.54. The summed E-state index contributed by atoms with van der Waals surface area (Å²) in [6.45, 7) is 5.12. The topological polar surface area (TPSA) is 168 Å². The Bertz CT molecular complexity index is 1010. The molecule has 0 unspecified atom stereocenters. The summed E-state index contributed by atoms with van der Waals surface area (Å²) in [5, 5.41) is 17.2. The van der Waals surface area contributed by atoms with Crippen LogP contribution in [-0.2, 0) is 35.6 Å². The van der Waals surface area contributed by atoms with E-state index in [0.717, 1.165) is 23.3 Å². The Morgan fingerprint density at radius 2 is 1.63 bits per heavy atom. The molecule has 3 amide bonds. The summed E-state index contributed by atoms with van der Waals surface area (Å²) in [5.74, 6) is -2.57. The van der Waals surface area contributed by atoms with Crippen molar-refractivity contribution in [3.05, 3.63) is 47.4 Å². The predicted molar refractivity (Wildman–Crippen MR) is 129 cm³/mol. The van der Waals surface area contributed by atoms with Gasteiger partial charge in [-0.2, -0.15) is 0 Å². The van der Waals surface area contributed by atoms with E-state index in [4.69, 9.17) is 9.84 Å². The maximum absolute atomic E-state index is 12.8. The van der Waals surface area contributed by atoms with Gasteiger partial charge >= 0.3 is 12.1 Å². The van der Waals surface area contributed by atoms with Crippen LogP contribution in [0.3, 0.4) is 0 Å². The Morgan fingerprint density at radius 1 is 1.00 bits per heavy atom. The second-order valence-electron chi connectivity index (χ2n) is 8.49. The van der Waals surface area contributed by atoms with Gasteiger partial charge in [0, 0.05) is 11.7 Å². The van der Waals surface area contributed by atoms with Crippen molar-refractivity contribution in [1.82, 2.24) is 16.0 Å². The molecule has 0 aliphatic carbocycles. The van der Waals surface area contributed by atoms with Crippen LogP contribution in [-0.4, -0.2) is 61.8 Å². The maximum Gasteiger partial charge on any atom is 0.408 e. The molecule has 1 aromatic carbocycles. The summed E-state index contributed by atoms with van der Waals surface area (Å²) in [6, 6.07) is 5.83. The van der Waals surface area contributed by atoms with E-state index in [0.29, 0.717) is 0 Å². The number of ether oxygens (including phenoxy) is 1. The molecule has 0 aliphatic rings. The fraction of sp³-hybridized carbons (Fsp3) is 0.478. The van der Waals surface area contributed by atoms with Gasteiger partial charge < -0.3 is 25.8 Å². The van der Waals surface area contributed by atoms with Crippen LogP contribution >= 0.6 is 0 Å². The van der Waals surface area contributed by atoms with E-state index >= 15 is 0 Å². The Morgan fingerprint density at radius 3 is 2.17 bits per heavy atom. The number of aliphatic carboxylic acids is 1. The van der Waals surface area contributed by atoms with Gasteiger partial charge in [0.05, 0.1) is 12.5 Å². The number of nitrogens with one attached hydrogen (secondary N) is 3. The number of carboxylic acid groups (broad SMARTS) is 1. The number of hydrogen-bond donors (Lipinski definition) is 4. The molecule has 0 heterocycles. The zero-order valence-corrected chi connectivity index (χ0v) is 21.0. The molecule has 0 aliphatic heterocycles. The van der Waals surface area contributed by atoms with E-state index in [1.54, 1.807) is 24.3 Å². The van der Waals surface area contributed by atoms with Gasteiger partial charge in [0.15, 0.2) is 9.84 Å². The molecule has 4 N–H and O–H groups in total. The number of hydrogen-bond acceptors (Lipinski definition) is 7. The van der Waals surface area contributed by atoms with Crippen molar-refractivity contribution in [3.8, 4) is 0 Å². The van der Waals surface area contributed by atoms with Gasteiger partial charge in [-0.3, -0.25) is 14.4 Å². The van der Waals surface area contributed by atoms with Crippen LogP contribution in [0, 0.1) is 5.92 Å². The summed E-state index contributed by atoms with van der Waals surface area (Å²) in [5.41, 5.74) is 0.777. The first kappa shape index (κ1) is 29.6. The number of carbonyl (C=O) groups excluding carboxylic acids is 3. The molecule has 35 heavy (non-hydrogen) atoms. The molecule has 11 nitrogen and oxygen atoms in total. The van der Waals surface area contributed by atoms with E-state index in [1.807, 2.05) is 19.9 Å². The van der Waals surface area contributed by atoms with Gasteiger partial charge in [-0.1, -0.05) is 50.3 Å². The van der Waals surface area contributed by atoms with Crippen LogP contribution in [0.15, 0.2) is 41.8 Å². The van der Waals surface area contributed by atoms with Crippen molar-refractivity contribution in [2.45, 2.75) is 58.3 Å². The number of alkyl carbamates (subject to hydrolysis) is 1. The first-order valence-corrected chi connectivity index (χ1v) is 12.9. The van der Waals surface area contributed by atoms with E-state index in [2.05, 4.69) is 16.0 Å². The molecular weight excluding hydrogens is 478 g/mol. The standard InChI is InChI=1S/C23H33N3O8S/c1-15(2)12-19(26-23(31)34-14-17-8-6-5-7-9-17)22(30)24-16(3)21(29)25-18(13-20(27)28)10-11-35(4,32)33/h5-11,15-16,18-19H,12-14H2,1-4H3,(H,24,30)(H,25,29)(H,26,31)(H,27,28)/b11-10+/t16-,18+,19-/m0/s1. The largest absolute Gasteiger partial charge is 0.481 e. The van der Waals surface area contributed by atoms with Crippen molar-refractivity contribution in [3.63, 3.8) is 0 Å². The smallest absolute Gasteiger partial charge is 0.408 e. The molecule has 1 rings (SSSR count). The minimum Gasteiger partial charge on any atom is -0.481 e. The normalized spacial score (nSPS) is 14.1. The monoisotopic (exact) mass is 511 g/mol. The van der Waals surface area contributed by atoms with E-state index in [-0.39, 0.29) is 18.9 Å². The SMILES string of the molecule is CC(C)C[C@H](NC(=O)OCc1ccccc1)C(=O)N[C@@H](C)C(=O)N[C@H](/C=C/S(C)(=O)=O)CC(=O)O. The van der Waals surface area contributed by atoms with Gasteiger partial charge in [0.1, 0.15) is 18.7 Å². The molecule has 0 saturated carbocycles. The summed E-state index contributed by atoms with van der Waals surface area (Å²) >= 11 is 0. The van der Waals surface area contributed by atoms with Crippen molar-refractivity contribution in [1.29, 1.82) is 0 Å². The lowest BCUT2D eigenvalue weighted by molar-refractivity contribution is -0.137. The van der Waals surface area contributed by atoms with Gasteiger partial charge in [-0.25, -0.2) is 13.2 Å². The zero-order valence-electron chi connectivity index (χ0n) is 20.2. The molecule has 0 bridgehead atoms. The van der Waals surface area contributed by atoms with Crippen LogP contribution in [0.5, 0.6) is 0 Å².